The highest BCUT2D eigenvalue weighted by molar-refractivity contribution is 7.99. The van der Waals surface area contributed by atoms with E-state index in [2.05, 4.69) is 22.6 Å². The number of rotatable bonds is 10. The molecule has 39 heavy (non-hydrogen) atoms. The van der Waals surface area contributed by atoms with Crippen LogP contribution in [-0.2, 0) is 14.3 Å². The van der Waals surface area contributed by atoms with E-state index in [-0.39, 0.29) is 23.9 Å². The molecule has 13 heteroatoms. The zero-order valence-corrected chi connectivity index (χ0v) is 22.9. The van der Waals surface area contributed by atoms with Crippen molar-refractivity contribution in [2.45, 2.75) is 87.9 Å². The Balaban J connectivity index is 0.00000112. The molecule has 2 saturated carbocycles. The predicted octanol–water partition coefficient (Wildman–Crippen LogP) is 3.02. The molecule has 0 spiro atoms. The van der Waals surface area contributed by atoms with Crippen LogP contribution in [0, 0.1) is 12.7 Å². The number of anilines is 1. The van der Waals surface area contributed by atoms with Gasteiger partial charge in [0.15, 0.2) is 22.1 Å². The number of hydrogen-bond donors (Lipinski definition) is 3. The number of thioether (sulfide) groups is 1. The summed E-state index contributed by atoms with van der Waals surface area (Å²) in [6.45, 7) is 6.37. The molecule has 1 aromatic carbocycles. The summed E-state index contributed by atoms with van der Waals surface area (Å²) in [5.41, 5.74) is 2.62. The molecule has 0 amide bonds. The number of aliphatic hydroxyl groups is 2. The van der Waals surface area contributed by atoms with Gasteiger partial charge in [-0.1, -0.05) is 43.0 Å². The molecule has 2 aromatic heterocycles. The summed E-state index contributed by atoms with van der Waals surface area (Å²) in [7, 11) is 0. The molecule has 0 bridgehead atoms. The number of nitrogens with zero attached hydrogens (tertiary/aromatic N) is 5. The van der Waals surface area contributed by atoms with E-state index in [1.807, 2.05) is 19.1 Å². The van der Waals surface area contributed by atoms with Crippen molar-refractivity contribution in [1.82, 2.24) is 25.0 Å². The van der Waals surface area contributed by atoms with Crippen molar-refractivity contribution in [2.24, 2.45) is 0 Å². The minimum atomic E-state index is -1.04. The molecule has 2 fully saturated rings. The van der Waals surface area contributed by atoms with Crippen LogP contribution in [0.3, 0.4) is 0 Å². The first-order valence-electron chi connectivity index (χ1n) is 13.1. The minimum Gasteiger partial charge on any atom is -0.388 e. The van der Waals surface area contributed by atoms with Crippen molar-refractivity contribution < 1.29 is 28.9 Å². The summed E-state index contributed by atoms with van der Waals surface area (Å²) in [6, 6.07) is 4.99. The Hall–Kier alpha value is -2.96. The zero-order valence-electron chi connectivity index (χ0n) is 22.1. The Morgan fingerprint density at radius 2 is 1.95 bits per heavy atom. The van der Waals surface area contributed by atoms with Crippen LogP contribution in [0.1, 0.15) is 62.6 Å². The monoisotopic (exact) mass is 560 g/mol. The summed E-state index contributed by atoms with van der Waals surface area (Å²) >= 11 is 1.55. The van der Waals surface area contributed by atoms with Gasteiger partial charge in [-0.05, 0) is 43.4 Å². The van der Waals surface area contributed by atoms with Gasteiger partial charge in [0.25, 0.3) is 0 Å². The van der Waals surface area contributed by atoms with Crippen LogP contribution in [0.15, 0.2) is 23.4 Å². The van der Waals surface area contributed by atoms with Gasteiger partial charge >= 0.3 is 6.15 Å². The fourth-order valence-corrected chi connectivity index (χ4v) is 5.47. The number of halogens is 1. The highest BCUT2D eigenvalue weighted by Gasteiger charge is 2.45. The Morgan fingerprint density at radius 1 is 1.18 bits per heavy atom. The summed E-state index contributed by atoms with van der Waals surface area (Å²) in [4.78, 5) is 25.7. The molecule has 3 N–H and O–H groups in total. The fraction of sp³-hybridized carbons (Fsp3) is 0.577. The highest BCUT2D eigenvalue weighted by Crippen LogP contribution is 2.44. The molecule has 0 radical (unpaired) electrons. The third kappa shape index (κ3) is 6.44. The van der Waals surface area contributed by atoms with E-state index in [1.165, 1.54) is 0 Å². The summed E-state index contributed by atoms with van der Waals surface area (Å²) in [5, 5.41) is 34.1. The second-order valence-corrected chi connectivity index (χ2v) is 10.9. The lowest BCUT2D eigenvalue weighted by atomic mass is 10.1. The average molecular weight is 561 g/mol. The largest absolute Gasteiger partial charge is 0.388 e. The number of ether oxygens (including phenoxy) is 1. The number of aromatic nitrogens is 5. The lowest BCUT2D eigenvalue weighted by Gasteiger charge is -2.17. The number of aryl methyl sites for hydroxylation is 1. The van der Waals surface area contributed by atoms with E-state index in [9.17, 15) is 14.6 Å². The average Bonchev–Trinajstić information content (AvgIpc) is 3.46. The van der Waals surface area contributed by atoms with Crippen molar-refractivity contribution in [2.75, 3.05) is 17.7 Å². The highest BCUT2D eigenvalue weighted by atomic mass is 32.2. The molecular weight excluding hydrogens is 527 g/mol. The van der Waals surface area contributed by atoms with Gasteiger partial charge in [0.1, 0.15) is 18.0 Å². The van der Waals surface area contributed by atoms with Crippen LogP contribution in [0.5, 0.6) is 0 Å². The number of fused-ring (bicyclic) bond motifs is 1. The van der Waals surface area contributed by atoms with Crippen LogP contribution < -0.4 is 5.32 Å². The smallest absolute Gasteiger partial charge is 0.373 e. The van der Waals surface area contributed by atoms with Crippen molar-refractivity contribution in [3.05, 3.63) is 35.1 Å². The first-order valence-corrected chi connectivity index (χ1v) is 14.1. The van der Waals surface area contributed by atoms with E-state index in [0.29, 0.717) is 40.7 Å². The van der Waals surface area contributed by atoms with Gasteiger partial charge in [-0.3, -0.25) is 0 Å². The lowest BCUT2D eigenvalue weighted by Crippen LogP contribution is -2.33. The number of aliphatic hydroxyl groups excluding tert-OH is 2. The third-order valence-electron chi connectivity index (χ3n) is 6.92. The molecule has 5 rings (SSSR count). The van der Waals surface area contributed by atoms with Crippen molar-refractivity contribution in [1.29, 1.82) is 0 Å². The molecular formula is C26H33FN6O5S. The molecule has 0 aliphatic heterocycles. The maximum atomic E-state index is 14.1. The number of carbonyl (C=O) groups excluding carboxylic acids is 2. The third-order valence-corrected chi connectivity index (χ3v) is 7.98. The molecule has 2 heterocycles. The van der Waals surface area contributed by atoms with Gasteiger partial charge < -0.3 is 20.3 Å². The van der Waals surface area contributed by atoms with Gasteiger partial charge in [0.2, 0.25) is 0 Å². The molecule has 210 valence electrons. The molecule has 2 aliphatic rings. The molecule has 11 nitrogen and oxygen atoms in total. The molecule has 6 atom stereocenters. The van der Waals surface area contributed by atoms with E-state index in [1.54, 1.807) is 29.4 Å². The van der Waals surface area contributed by atoms with Gasteiger partial charge in [-0.15, -0.1) is 5.10 Å². The summed E-state index contributed by atoms with van der Waals surface area (Å²) in [5.74, 6) is 1.44. The van der Waals surface area contributed by atoms with E-state index in [4.69, 9.17) is 24.3 Å². The maximum Gasteiger partial charge on any atom is 0.373 e. The summed E-state index contributed by atoms with van der Waals surface area (Å²) < 4.78 is 21.5. The zero-order chi connectivity index (χ0) is 28.1. The topological polar surface area (TPSA) is 152 Å². The Kier molecular flexibility index (Phi) is 9.62. The Morgan fingerprint density at radius 3 is 2.64 bits per heavy atom. The van der Waals surface area contributed by atoms with Gasteiger partial charge in [-0.2, -0.15) is 9.59 Å². The van der Waals surface area contributed by atoms with Crippen molar-refractivity contribution in [3.8, 4) is 0 Å². The van der Waals surface area contributed by atoms with E-state index in [0.717, 1.165) is 30.6 Å². The second-order valence-electron chi connectivity index (χ2n) is 9.79. The first kappa shape index (κ1) is 29.0. The molecule has 0 unspecified atom stereocenters. The number of nitrogens with one attached hydrogen (secondary N) is 1. The maximum absolute atomic E-state index is 14.1. The van der Waals surface area contributed by atoms with Gasteiger partial charge in [0, 0.05) is 30.7 Å². The fourth-order valence-electron chi connectivity index (χ4n) is 4.78. The predicted molar refractivity (Wildman–Crippen MR) is 141 cm³/mol. The van der Waals surface area contributed by atoms with Crippen LogP contribution >= 0.6 is 11.8 Å². The molecule has 3 aromatic rings. The minimum absolute atomic E-state index is 0.102. The van der Waals surface area contributed by atoms with Crippen LogP contribution in [0.4, 0.5) is 10.2 Å². The van der Waals surface area contributed by atoms with Crippen LogP contribution in [0.2, 0.25) is 0 Å². The van der Waals surface area contributed by atoms with Crippen molar-refractivity contribution >= 4 is 34.9 Å². The summed E-state index contributed by atoms with van der Waals surface area (Å²) in [6.07, 6.45) is 0.807. The standard InChI is InChI=1S/C25H33FN6O3S.CO2/c1-4-8-35-19-12-18(21(33)22(19)34)32-24-20(30-31-32)23(28-25(29-24)36-9-5-2)27-17-11-15(17)14-7-6-13(3)16(26)10-14;2-1-3/h6-7,10,15,17-19,21-22,33-34H,4-5,8-9,11-12H2,1-3H3,(H,27,28,29);/t15-,17+,18+,19-,21-,22+;/m0./s1. The molecule has 0 saturated heterocycles. The van der Waals surface area contributed by atoms with E-state index >= 15 is 0 Å². The van der Waals surface area contributed by atoms with Crippen LogP contribution in [-0.4, -0.2) is 78.0 Å². The van der Waals surface area contributed by atoms with Gasteiger partial charge in [-0.25, -0.2) is 19.0 Å². The number of benzene rings is 1. The van der Waals surface area contributed by atoms with E-state index < -0.39 is 24.4 Å². The number of hydrogen-bond acceptors (Lipinski definition) is 11. The quantitative estimate of drug-likeness (QED) is 0.248. The second kappa shape index (κ2) is 12.9. The van der Waals surface area contributed by atoms with Crippen LogP contribution in [0.25, 0.3) is 11.2 Å². The first-order chi connectivity index (χ1) is 18.8. The van der Waals surface area contributed by atoms with Gasteiger partial charge in [0.05, 0.1) is 12.1 Å². The SMILES string of the molecule is CCCO[C@H]1C[C@@H](n2nnc3c(N[C@@H]4C[C@H]4c4ccc(C)c(F)c4)nc(SCCC)nc32)[C@H](O)[C@@H]1O.O=C=O. The lowest BCUT2D eigenvalue weighted by molar-refractivity contribution is -0.191. The molecule has 2 aliphatic carbocycles. The normalized spacial score (nSPS) is 25.7. The Labute approximate surface area is 229 Å². The Bertz CT molecular complexity index is 1320. The van der Waals surface area contributed by atoms with Crippen molar-refractivity contribution in [3.63, 3.8) is 0 Å².